The first kappa shape index (κ1) is 24.6. The van der Waals surface area contributed by atoms with E-state index in [0.29, 0.717) is 35.1 Å². The Balaban J connectivity index is 1.71. The average molecular weight is 491 g/mol. The first-order valence-corrected chi connectivity index (χ1v) is 11.6. The molecule has 0 spiro atoms. The molecule has 0 aliphatic heterocycles. The average Bonchev–Trinajstić information content (AvgIpc) is 2.80. The van der Waals surface area contributed by atoms with E-state index in [4.69, 9.17) is 16.3 Å². The molecule has 180 valence electrons. The van der Waals surface area contributed by atoms with Crippen molar-refractivity contribution < 1.29 is 9.84 Å². The maximum absolute atomic E-state index is 13.2. The van der Waals surface area contributed by atoms with E-state index in [1.54, 1.807) is 44.4 Å². The fraction of sp³-hybridized carbons (Fsp3) is 0.259. The highest BCUT2D eigenvalue weighted by molar-refractivity contribution is 6.31. The van der Waals surface area contributed by atoms with Gasteiger partial charge >= 0.3 is 0 Å². The van der Waals surface area contributed by atoms with E-state index in [0.717, 1.165) is 16.7 Å². The van der Waals surface area contributed by atoms with Crippen LogP contribution in [0.5, 0.6) is 5.75 Å². The van der Waals surface area contributed by atoms with E-state index >= 15 is 0 Å². The summed E-state index contributed by atoms with van der Waals surface area (Å²) in [6.45, 7) is 9.25. The second kappa shape index (κ2) is 9.60. The summed E-state index contributed by atoms with van der Waals surface area (Å²) in [4.78, 5) is 26.5. The Labute approximate surface area is 209 Å². The molecular weight excluding hydrogens is 464 g/mol. The molecule has 0 amide bonds. The lowest BCUT2D eigenvalue weighted by atomic mass is 10.1. The molecule has 0 aliphatic rings. The van der Waals surface area contributed by atoms with Gasteiger partial charge in [-0.05, 0) is 57.9 Å². The third-order valence-corrected chi connectivity index (χ3v) is 5.89. The van der Waals surface area contributed by atoms with E-state index in [1.165, 1.54) is 4.57 Å². The smallest absolute Gasteiger partial charge is 0.277 e. The van der Waals surface area contributed by atoms with E-state index in [-0.39, 0.29) is 16.4 Å². The fourth-order valence-electron chi connectivity index (χ4n) is 3.75. The van der Waals surface area contributed by atoms with Gasteiger partial charge in [-0.25, -0.2) is 9.97 Å². The molecule has 3 heterocycles. The standard InChI is InChI=1S/C27H27ClN4O3/c1-16-7-6-8-19(11-16)15-35-22-12-18(3)32(25(33)23(22)28)20-9-10-29-21(13-20)24-17(2)14-30-26(31-24)27(4,5)34/h6-14,34H,15H2,1-5H3. The number of halogens is 1. The van der Waals surface area contributed by atoms with Crippen molar-refractivity contribution in [2.45, 2.75) is 46.8 Å². The van der Waals surface area contributed by atoms with Gasteiger partial charge in [0, 0.05) is 24.2 Å². The van der Waals surface area contributed by atoms with Crippen LogP contribution in [0.4, 0.5) is 0 Å². The van der Waals surface area contributed by atoms with Crippen molar-refractivity contribution >= 4 is 11.6 Å². The molecule has 0 radical (unpaired) electrons. The van der Waals surface area contributed by atoms with E-state index in [1.807, 2.05) is 45.0 Å². The van der Waals surface area contributed by atoms with E-state index in [2.05, 4.69) is 15.0 Å². The molecule has 1 aromatic carbocycles. The van der Waals surface area contributed by atoms with Gasteiger partial charge in [0.15, 0.2) is 5.82 Å². The number of pyridine rings is 2. The Morgan fingerprint density at radius 2 is 1.86 bits per heavy atom. The SMILES string of the molecule is Cc1cccc(COc2cc(C)n(-c3ccnc(-c4nc(C(C)(C)O)ncc4C)c3)c(=O)c2Cl)c1. The van der Waals surface area contributed by atoms with Crippen molar-refractivity contribution in [2.75, 3.05) is 0 Å². The Hall–Kier alpha value is -3.55. The lowest BCUT2D eigenvalue weighted by molar-refractivity contribution is 0.0688. The fourth-order valence-corrected chi connectivity index (χ4v) is 3.95. The van der Waals surface area contributed by atoms with Gasteiger partial charge in [-0.3, -0.25) is 14.3 Å². The molecule has 0 fully saturated rings. The Bertz CT molecular complexity index is 1460. The number of aryl methyl sites for hydroxylation is 3. The Kier molecular flexibility index (Phi) is 6.74. The highest BCUT2D eigenvalue weighted by Crippen LogP contribution is 2.27. The number of hydrogen-bond acceptors (Lipinski definition) is 6. The topological polar surface area (TPSA) is 90.1 Å². The van der Waals surface area contributed by atoms with Crippen molar-refractivity contribution in [1.82, 2.24) is 19.5 Å². The Morgan fingerprint density at radius 3 is 2.57 bits per heavy atom. The molecule has 0 atom stereocenters. The summed E-state index contributed by atoms with van der Waals surface area (Å²) in [5.74, 6) is 0.625. The number of benzene rings is 1. The van der Waals surface area contributed by atoms with Crippen molar-refractivity contribution in [3.63, 3.8) is 0 Å². The van der Waals surface area contributed by atoms with Gasteiger partial charge in [0.05, 0.1) is 17.1 Å². The molecule has 0 saturated carbocycles. The molecule has 0 saturated heterocycles. The van der Waals surface area contributed by atoms with Gasteiger partial charge in [-0.1, -0.05) is 41.4 Å². The molecular formula is C27H27ClN4O3. The monoisotopic (exact) mass is 490 g/mol. The summed E-state index contributed by atoms with van der Waals surface area (Å²) >= 11 is 6.45. The molecule has 4 aromatic rings. The van der Waals surface area contributed by atoms with Crippen LogP contribution in [0, 0.1) is 20.8 Å². The lowest BCUT2D eigenvalue weighted by Crippen LogP contribution is -2.22. The highest BCUT2D eigenvalue weighted by atomic mass is 35.5. The van der Waals surface area contributed by atoms with Crippen molar-refractivity contribution in [1.29, 1.82) is 0 Å². The van der Waals surface area contributed by atoms with Crippen LogP contribution >= 0.6 is 11.6 Å². The maximum atomic E-state index is 13.2. The molecule has 0 bridgehead atoms. The van der Waals surface area contributed by atoms with E-state index in [9.17, 15) is 9.90 Å². The van der Waals surface area contributed by atoms with Crippen molar-refractivity contribution in [2.24, 2.45) is 0 Å². The third-order valence-electron chi connectivity index (χ3n) is 5.54. The molecule has 7 nitrogen and oxygen atoms in total. The van der Waals surface area contributed by atoms with Crippen LogP contribution < -0.4 is 10.3 Å². The number of hydrogen-bond donors (Lipinski definition) is 1. The van der Waals surface area contributed by atoms with Crippen molar-refractivity contribution in [3.05, 3.63) is 98.4 Å². The van der Waals surface area contributed by atoms with E-state index < -0.39 is 5.60 Å². The number of aliphatic hydroxyl groups is 1. The minimum Gasteiger partial charge on any atom is -0.487 e. The predicted molar refractivity (Wildman–Crippen MR) is 136 cm³/mol. The predicted octanol–water partition coefficient (Wildman–Crippen LogP) is 5.07. The van der Waals surface area contributed by atoms with Gasteiger partial charge in [-0.15, -0.1) is 0 Å². The summed E-state index contributed by atoms with van der Waals surface area (Å²) in [5, 5.41) is 10.3. The minimum atomic E-state index is -1.20. The summed E-state index contributed by atoms with van der Waals surface area (Å²) in [6, 6.07) is 13.2. The van der Waals surface area contributed by atoms with Gasteiger partial charge in [0.2, 0.25) is 0 Å². The second-order valence-corrected chi connectivity index (χ2v) is 9.44. The minimum absolute atomic E-state index is 0.00384. The van der Waals surface area contributed by atoms with Crippen LogP contribution in [0.25, 0.3) is 17.1 Å². The molecule has 8 heteroatoms. The van der Waals surface area contributed by atoms with Gasteiger partial charge < -0.3 is 9.84 Å². The van der Waals surface area contributed by atoms with Gasteiger partial charge in [0.1, 0.15) is 23.0 Å². The highest BCUT2D eigenvalue weighted by Gasteiger charge is 2.22. The summed E-state index contributed by atoms with van der Waals surface area (Å²) in [7, 11) is 0. The number of rotatable bonds is 6. The zero-order valence-corrected chi connectivity index (χ0v) is 21.1. The van der Waals surface area contributed by atoms with Crippen molar-refractivity contribution in [3.8, 4) is 22.8 Å². The third kappa shape index (κ3) is 5.26. The summed E-state index contributed by atoms with van der Waals surface area (Å²) in [5.41, 5.74) is 3.71. The summed E-state index contributed by atoms with van der Waals surface area (Å²) in [6.07, 6.45) is 3.26. The number of nitrogens with zero attached hydrogens (tertiary/aromatic N) is 4. The van der Waals surface area contributed by atoms with Crippen LogP contribution in [0.15, 0.2) is 59.7 Å². The van der Waals surface area contributed by atoms with Gasteiger partial charge in [0.25, 0.3) is 5.56 Å². The molecule has 4 rings (SSSR count). The zero-order chi connectivity index (χ0) is 25.3. The van der Waals surface area contributed by atoms with Crippen LogP contribution in [0.2, 0.25) is 5.02 Å². The molecule has 0 unspecified atom stereocenters. The van der Waals surface area contributed by atoms with Crippen LogP contribution in [0.1, 0.15) is 42.1 Å². The first-order valence-electron chi connectivity index (χ1n) is 11.2. The number of aromatic nitrogens is 4. The number of ether oxygens (including phenoxy) is 1. The second-order valence-electron chi connectivity index (χ2n) is 9.07. The molecule has 1 N–H and O–H groups in total. The molecule has 3 aromatic heterocycles. The lowest BCUT2D eigenvalue weighted by Gasteiger charge is -2.17. The van der Waals surface area contributed by atoms with Crippen LogP contribution in [-0.2, 0) is 12.2 Å². The normalized spacial score (nSPS) is 11.5. The van der Waals surface area contributed by atoms with Gasteiger partial charge in [-0.2, -0.15) is 0 Å². The van der Waals surface area contributed by atoms with Crippen LogP contribution in [0.3, 0.4) is 0 Å². The Morgan fingerprint density at radius 1 is 1.09 bits per heavy atom. The largest absolute Gasteiger partial charge is 0.487 e. The zero-order valence-electron chi connectivity index (χ0n) is 20.3. The molecule has 35 heavy (non-hydrogen) atoms. The quantitative estimate of drug-likeness (QED) is 0.405. The first-order chi connectivity index (χ1) is 16.5. The maximum Gasteiger partial charge on any atom is 0.277 e. The summed E-state index contributed by atoms with van der Waals surface area (Å²) < 4.78 is 7.40. The van der Waals surface area contributed by atoms with Crippen LogP contribution in [-0.4, -0.2) is 24.6 Å². The molecule has 0 aliphatic carbocycles.